The molecule has 0 saturated carbocycles. The molecule has 1 amide bonds. The Bertz CT molecular complexity index is 464. The molecule has 0 unspecified atom stereocenters. The molecule has 1 aromatic rings. The van der Waals surface area contributed by atoms with Crippen LogP contribution in [0.25, 0.3) is 0 Å². The van der Waals surface area contributed by atoms with E-state index in [2.05, 4.69) is 38.4 Å². The van der Waals surface area contributed by atoms with Crippen molar-refractivity contribution in [3.8, 4) is 0 Å². The number of halogens is 1. The van der Waals surface area contributed by atoms with E-state index in [1.54, 1.807) is 0 Å². The van der Waals surface area contributed by atoms with Crippen molar-refractivity contribution >= 4 is 27.5 Å². The number of nitrogens with zero attached hydrogens (tertiary/aromatic N) is 1. The van der Waals surface area contributed by atoms with Crippen LogP contribution in [0.2, 0.25) is 0 Å². The number of rotatable bonds is 3. The lowest BCUT2D eigenvalue weighted by Gasteiger charge is -2.33. The SMILES string of the molecule is Cc1cc(Br)ccc1NC(=O)CN1CCNC[C@@H]1C. The topological polar surface area (TPSA) is 44.4 Å². The molecule has 104 valence electrons. The maximum absolute atomic E-state index is 12.1. The lowest BCUT2D eigenvalue weighted by molar-refractivity contribution is -0.118. The predicted octanol–water partition coefficient (Wildman–Crippen LogP) is 1.99. The third-order valence-corrected chi connectivity index (χ3v) is 3.94. The summed E-state index contributed by atoms with van der Waals surface area (Å²) in [5.41, 5.74) is 1.95. The van der Waals surface area contributed by atoms with E-state index in [1.807, 2.05) is 25.1 Å². The molecule has 1 saturated heterocycles. The van der Waals surface area contributed by atoms with Gasteiger partial charge >= 0.3 is 0 Å². The molecule has 2 N–H and O–H groups in total. The van der Waals surface area contributed by atoms with Crippen LogP contribution in [0.15, 0.2) is 22.7 Å². The molecule has 5 heteroatoms. The first-order valence-corrected chi connectivity index (χ1v) is 7.36. The number of aryl methyl sites for hydroxylation is 1. The molecule has 1 heterocycles. The number of hydrogen-bond donors (Lipinski definition) is 2. The van der Waals surface area contributed by atoms with E-state index in [4.69, 9.17) is 0 Å². The van der Waals surface area contributed by atoms with E-state index < -0.39 is 0 Å². The van der Waals surface area contributed by atoms with Gasteiger partial charge in [-0.2, -0.15) is 0 Å². The third kappa shape index (κ3) is 4.03. The van der Waals surface area contributed by atoms with Gasteiger partial charge in [-0.15, -0.1) is 0 Å². The van der Waals surface area contributed by atoms with E-state index in [9.17, 15) is 4.79 Å². The van der Waals surface area contributed by atoms with Crippen LogP contribution in [-0.4, -0.2) is 43.0 Å². The summed E-state index contributed by atoms with van der Waals surface area (Å²) in [5.74, 6) is 0.0548. The molecule has 0 radical (unpaired) electrons. The van der Waals surface area contributed by atoms with Gasteiger partial charge in [0, 0.05) is 35.8 Å². The van der Waals surface area contributed by atoms with Gasteiger partial charge in [0.15, 0.2) is 0 Å². The second kappa shape index (κ2) is 6.50. The lowest BCUT2D eigenvalue weighted by atomic mass is 10.2. The quantitative estimate of drug-likeness (QED) is 0.893. The van der Waals surface area contributed by atoms with E-state index in [0.717, 1.165) is 35.4 Å². The van der Waals surface area contributed by atoms with Gasteiger partial charge in [-0.3, -0.25) is 9.69 Å². The van der Waals surface area contributed by atoms with Crippen LogP contribution in [-0.2, 0) is 4.79 Å². The largest absolute Gasteiger partial charge is 0.325 e. The summed E-state index contributed by atoms with van der Waals surface area (Å²) < 4.78 is 1.03. The number of amides is 1. The van der Waals surface area contributed by atoms with Crippen LogP contribution in [0.4, 0.5) is 5.69 Å². The zero-order valence-electron chi connectivity index (χ0n) is 11.4. The third-order valence-electron chi connectivity index (χ3n) is 3.45. The van der Waals surface area contributed by atoms with Crippen LogP contribution in [0, 0.1) is 6.92 Å². The van der Waals surface area contributed by atoms with Gasteiger partial charge in [0.25, 0.3) is 0 Å². The minimum atomic E-state index is 0.0548. The number of anilines is 1. The maximum atomic E-state index is 12.1. The van der Waals surface area contributed by atoms with Crippen molar-refractivity contribution in [2.24, 2.45) is 0 Å². The first-order chi connectivity index (χ1) is 9.06. The van der Waals surface area contributed by atoms with Gasteiger partial charge in [-0.1, -0.05) is 15.9 Å². The summed E-state index contributed by atoms with van der Waals surface area (Å²) in [5, 5.41) is 6.31. The first kappa shape index (κ1) is 14.5. The Morgan fingerprint density at radius 1 is 1.58 bits per heavy atom. The van der Waals surface area contributed by atoms with Crippen molar-refractivity contribution in [2.45, 2.75) is 19.9 Å². The molecule has 1 aromatic carbocycles. The fraction of sp³-hybridized carbons (Fsp3) is 0.500. The van der Waals surface area contributed by atoms with Crippen molar-refractivity contribution in [2.75, 3.05) is 31.5 Å². The van der Waals surface area contributed by atoms with Crippen LogP contribution < -0.4 is 10.6 Å². The Balaban J connectivity index is 1.93. The number of hydrogen-bond acceptors (Lipinski definition) is 3. The summed E-state index contributed by atoms with van der Waals surface area (Å²) >= 11 is 3.42. The molecule has 0 bridgehead atoms. The number of benzene rings is 1. The molecule has 1 aliphatic heterocycles. The van der Waals surface area contributed by atoms with Crippen molar-refractivity contribution < 1.29 is 4.79 Å². The van der Waals surface area contributed by atoms with Gasteiger partial charge in [-0.05, 0) is 37.6 Å². The molecule has 0 spiro atoms. The highest BCUT2D eigenvalue weighted by molar-refractivity contribution is 9.10. The highest BCUT2D eigenvalue weighted by Gasteiger charge is 2.20. The van der Waals surface area contributed by atoms with Gasteiger partial charge < -0.3 is 10.6 Å². The smallest absolute Gasteiger partial charge is 0.238 e. The van der Waals surface area contributed by atoms with Crippen molar-refractivity contribution in [1.29, 1.82) is 0 Å². The Morgan fingerprint density at radius 3 is 3.05 bits per heavy atom. The minimum absolute atomic E-state index is 0.0548. The second-order valence-corrected chi connectivity index (χ2v) is 5.95. The predicted molar refractivity (Wildman–Crippen MR) is 81.4 cm³/mol. The maximum Gasteiger partial charge on any atom is 0.238 e. The van der Waals surface area contributed by atoms with Gasteiger partial charge in [0.2, 0.25) is 5.91 Å². The van der Waals surface area contributed by atoms with Gasteiger partial charge in [0.1, 0.15) is 0 Å². The average Bonchev–Trinajstić information content (AvgIpc) is 2.36. The first-order valence-electron chi connectivity index (χ1n) is 6.57. The minimum Gasteiger partial charge on any atom is -0.325 e. The van der Waals surface area contributed by atoms with Crippen LogP contribution in [0.3, 0.4) is 0 Å². The van der Waals surface area contributed by atoms with Crippen LogP contribution in [0.5, 0.6) is 0 Å². The van der Waals surface area contributed by atoms with Gasteiger partial charge in [0.05, 0.1) is 6.54 Å². The molecule has 2 rings (SSSR count). The summed E-state index contributed by atoms with van der Waals surface area (Å²) in [6, 6.07) is 6.28. The van der Waals surface area contributed by atoms with E-state index >= 15 is 0 Å². The molecule has 19 heavy (non-hydrogen) atoms. The van der Waals surface area contributed by atoms with E-state index in [1.165, 1.54) is 0 Å². The zero-order valence-corrected chi connectivity index (χ0v) is 13.0. The number of nitrogens with one attached hydrogen (secondary N) is 2. The number of carbonyl (C=O) groups excluding carboxylic acids is 1. The summed E-state index contributed by atoms with van der Waals surface area (Å²) in [6.45, 7) is 7.42. The summed E-state index contributed by atoms with van der Waals surface area (Å²) in [7, 11) is 0. The Labute approximate surface area is 122 Å². The highest BCUT2D eigenvalue weighted by atomic mass is 79.9. The van der Waals surface area contributed by atoms with Crippen molar-refractivity contribution in [3.63, 3.8) is 0 Å². The normalized spacial score (nSPS) is 20.3. The summed E-state index contributed by atoms with van der Waals surface area (Å²) in [6.07, 6.45) is 0. The Kier molecular flexibility index (Phi) is 4.96. The molecule has 4 nitrogen and oxygen atoms in total. The molecule has 0 aliphatic carbocycles. The fourth-order valence-electron chi connectivity index (χ4n) is 2.26. The van der Waals surface area contributed by atoms with E-state index in [0.29, 0.717) is 12.6 Å². The molecule has 1 atom stereocenters. The van der Waals surface area contributed by atoms with E-state index in [-0.39, 0.29) is 5.91 Å². The van der Waals surface area contributed by atoms with Crippen LogP contribution in [0.1, 0.15) is 12.5 Å². The molecule has 0 aromatic heterocycles. The molecular weight excluding hydrogens is 306 g/mol. The lowest BCUT2D eigenvalue weighted by Crippen LogP contribution is -2.52. The van der Waals surface area contributed by atoms with Crippen molar-refractivity contribution in [1.82, 2.24) is 10.2 Å². The number of carbonyl (C=O) groups is 1. The standard InChI is InChI=1S/C14H20BrN3O/c1-10-7-12(15)3-4-13(10)17-14(19)9-18-6-5-16-8-11(18)2/h3-4,7,11,16H,5-6,8-9H2,1-2H3,(H,17,19)/t11-/m0/s1. The summed E-state index contributed by atoms with van der Waals surface area (Å²) in [4.78, 5) is 14.3. The van der Waals surface area contributed by atoms with Crippen molar-refractivity contribution in [3.05, 3.63) is 28.2 Å². The Morgan fingerprint density at radius 2 is 2.37 bits per heavy atom. The Hall–Kier alpha value is -0.910. The molecule has 1 aliphatic rings. The molecular formula is C14H20BrN3O. The monoisotopic (exact) mass is 325 g/mol. The van der Waals surface area contributed by atoms with Crippen LogP contribution >= 0.6 is 15.9 Å². The zero-order chi connectivity index (χ0) is 13.8. The second-order valence-electron chi connectivity index (χ2n) is 5.03. The average molecular weight is 326 g/mol. The molecule has 1 fully saturated rings. The van der Waals surface area contributed by atoms with Gasteiger partial charge in [-0.25, -0.2) is 0 Å². The number of piperazine rings is 1. The highest BCUT2D eigenvalue weighted by Crippen LogP contribution is 2.20. The fourth-order valence-corrected chi connectivity index (χ4v) is 2.74.